The summed E-state index contributed by atoms with van der Waals surface area (Å²) in [6.45, 7) is 0. The van der Waals surface area contributed by atoms with Gasteiger partial charge in [-0.2, -0.15) is 8.42 Å². The quantitative estimate of drug-likeness (QED) is 0.782. The summed E-state index contributed by atoms with van der Waals surface area (Å²) in [7, 11) is -4.47. The normalized spacial score (nSPS) is 11.5. The van der Waals surface area contributed by atoms with Gasteiger partial charge in [-0.25, -0.2) is 0 Å². The van der Waals surface area contributed by atoms with Gasteiger partial charge in [-0.3, -0.25) is 9.54 Å². The Hall–Kier alpha value is -1.66. The summed E-state index contributed by atoms with van der Waals surface area (Å²) in [4.78, 5) is 4.02. The van der Waals surface area contributed by atoms with Crippen LogP contribution in [0, 0.1) is 0 Å². The monoisotopic (exact) mass is 225 g/mol. The van der Waals surface area contributed by atoms with E-state index < -0.39 is 10.4 Å². The molecule has 1 N–H and O–H groups in total. The fourth-order valence-corrected chi connectivity index (χ4v) is 1.57. The molecule has 0 aliphatic heterocycles. The number of pyridine rings is 1. The summed E-state index contributed by atoms with van der Waals surface area (Å²) < 4.78 is 33.7. The maximum absolute atomic E-state index is 10.4. The molecule has 0 saturated heterocycles. The van der Waals surface area contributed by atoms with E-state index in [1.54, 1.807) is 18.3 Å². The number of rotatable bonds is 2. The highest BCUT2D eigenvalue weighted by atomic mass is 32.3. The van der Waals surface area contributed by atoms with Crippen molar-refractivity contribution in [1.29, 1.82) is 0 Å². The summed E-state index contributed by atoms with van der Waals surface area (Å²) >= 11 is 0. The number of nitrogens with zero attached hydrogens (tertiary/aromatic N) is 1. The average molecular weight is 225 g/mol. The molecule has 0 aliphatic rings. The highest BCUT2D eigenvalue weighted by molar-refractivity contribution is 7.81. The van der Waals surface area contributed by atoms with E-state index in [1.165, 1.54) is 12.1 Å². The molecule has 1 heterocycles. The molecule has 0 bridgehead atoms. The summed E-state index contributed by atoms with van der Waals surface area (Å²) in [5.41, 5.74) is 0.596. The molecule has 0 fully saturated rings. The molecule has 0 atom stereocenters. The lowest BCUT2D eigenvalue weighted by molar-refractivity contribution is 0.387. The Morgan fingerprint density at radius 3 is 2.80 bits per heavy atom. The number of aromatic nitrogens is 1. The van der Waals surface area contributed by atoms with Crippen LogP contribution in [-0.2, 0) is 10.4 Å². The Bertz CT molecular complexity index is 594. The Kier molecular flexibility index (Phi) is 2.29. The molecule has 0 aliphatic carbocycles. The van der Waals surface area contributed by atoms with Gasteiger partial charge in [0.05, 0.1) is 5.52 Å². The van der Waals surface area contributed by atoms with E-state index in [1.807, 2.05) is 6.07 Å². The van der Waals surface area contributed by atoms with Crippen molar-refractivity contribution in [2.24, 2.45) is 0 Å². The molecule has 2 aromatic rings. The van der Waals surface area contributed by atoms with Gasteiger partial charge < -0.3 is 4.18 Å². The molecule has 0 saturated carbocycles. The number of fused-ring (bicyclic) bond motifs is 1. The maximum atomic E-state index is 10.4. The van der Waals surface area contributed by atoms with Gasteiger partial charge in [0.15, 0.2) is 0 Å². The van der Waals surface area contributed by atoms with Crippen molar-refractivity contribution in [3.05, 3.63) is 36.5 Å². The van der Waals surface area contributed by atoms with E-state index in [9.17, 15) is 8.42 Å². The van der Waals surface area contributed by atoms with Crippen molar-refractivity contribution in [3.63, 3.8) is 0 Å². The largest absolute Gasteiger partial charge is 0.446 e. The van der Waals surface area contributed by atoms with Crippen molar-refractivity contribution >= 4 is 21.3 Å². The molecule has 1 aromatic heterocycles. The zero-order valence-electron chi connectivity index (χ0n) is 7.49. The summed E-state index contributed by atoms with van der Waals surface area (Å²) in [6.07, 6.45) is 1.58. The summed E-state index contributed by atoms with van der Waals surface area (Å²) in [5.74, 6) is 0.0312. The second-order valence-corrected chi connectivity index (χ2v) is 3.89. The lowest BCUT2D eigenvalue weighted by Crippen LogP contribution is -2.06. The highest BCUT2D eigenvalue weighted by Gasteiger charge is 2.07. The number of hydrogen-bond donors (Lipinski definition) is 1. The lowest BCUT2D eigenvalue weighted by atomic mass is 10.2. The topological polar surface area (TPSA) is 76.5 Å². The molecule has 0 radical (unpaired) electrons. The number of benzene rings is 1. The smallest absolute Gasteiger partial charge is 0.362 e. The molecule has 0 spiro atoms. The predicted molar refractivity (Wildman–Crippen MR) is 53.9 cm³/mol. The standard InChI is InChI=1S/C9H7NO4S/c11-15(12,13)14-8-4-3-7-2-1-5-10-9(7)6-8/h1-6H,(H,11,12,13). The van der Waals surface area contributed by atoms with Crippen LogP contribution < -0.4 is 4.18 Å². The first-order valence-electron chi connectivity index (χ1n) is 4.06. The van der Waals surface area contributed by atoms with Crippen molar-refractivity contribution < 1.29 is 17.2 Å². The minimum absolute atomic E-state index is 0.0312. The number of hydrogen-bond acceptors (Lipinski definition) is 4. The van der Waals surface area contributed by atoms with Crippen LogP contribution in [0.15, 0.2) is 36.5 Å². The van der Waals surface area contributed by atoms with Crippen LogP contribution in [0.4, 0.5) is 0 Å². The Morgan fingerprint density at radius 2 is 2.07 bits per heavy atom. The second-order valence-electron chi connectivity index (χ2n) is 2.87. The predicted octanol–water partition coefficient (Wildman–Crippen LogP) is 1.42. The maximum Gasteiger partial charge on any atom is 0.446 e. The van der Waals surface area contributed by atoms with Crippen LogP contribution in [0.2, 0.25) is 0 Å². The third-order valence-corrected chi connectivity index (χ3v) is 2.18. The van der Waals surface area contributed by atoms with Gasteiger partial charge in [-0.15, -0.1) is 0 Å². The van der Waals surface area contributed by atoms with Crippen LogP contribution in [0.25, 0.3) is 10.9 Å². The summed E-state index contributed by atoms with van der Waals surface area (Å²) in [6, 6.07) is 8.13. The van der Waals surface area contributed by atoms with Crippen LogP contribution in [0.1, 0.15) is 0 Å². The molecule has 5 nitrogen and oxygen atoms in total. The fraction of sp³-hybridized carbons (Fsp3) is 0. The van der Waals surface area contributed by atoms with Crippen LogP contribution in [0.3, 0.4) is 0 Å². The molecule has 78 valence electrons. The third kappa shape index (κ3) is 2.42. The highest BCUT2D eigenvalue weighted by Crippen LogP contribution is 2.19. The van der Waals surface area contributed by atoms with Crippen molar-refractivity contribution in [1.82, 2.24) is 4.98 Å². The molecule has 6 heteroatoms. The molecule has 15 heavy (non-hydrogen) atoms. The first-order valence-corrected chi connectivity index (χ1v) is 5.43. The van der Waals surface area contributed by atoms with E-state index in [0.717, 1.165) is 5.39 Å². The van der Waals surface area contributed by atoms with Gasteiger partial charge in [0.1, 0.15) is 5.75 Å². The first kappa shape index (κ1) is 9.88. The minimum atomic E-state index is -4.47. The van der Waals surface area contributed by atoms with E-state index in [2.05, 4.69) is 9.17 Å². The van der Waals surface area contributed by atoms with Gasteiger partial charge in [0, 0.05) is 17.6 Å². The van der Waals surface area contributed by atoms with Crippen LogP contribution >= 0.6 is 0 Å². The van der Waals surface area contributed by atoms with Gasteiger partial charge >= 0.3 is 10.4 Å². The van der Waals surface area contributed by atoms with Crippen molar-refractivity contribution in [3.8, 4) is 5.75 Å². The lowest BCUT2D eigenvalue weighted by Gasteiger charge is -2.02. The van der Waals surface area contributed by atoms with Crippen molar-refractivity contribution in [2.75, 3.05) is 0 Å². The third-order valence-electron chi connectivity index (χ3n) is 1.78. The van der Waals surface area contributed by atoms with Crippen LogP contribution in [-0.4, -0.2) is 18.0 Å². The zero-order valence-corrected chi connectivity index (χ0v) is 8.31. The Morgan fingerprint density at radius 1 is 1.27 bits per heavy atom. The molecule has 0 unspecified atom stereocenters. The van der Waals surface area contributed by atoms with Crippen LogP contribution in [0.5, 0.6) is 5.75 Å². The second kappa shape index (κ2) is 3.48. The Labute approximate surface area is 86.3 Å². The SMILES string of the molecule is O=S(=O)(O)Oc1ccc2cccnc2c1. The molecule has 1 aromatic carbocycles. The Balaban J connectivity index is 2.48. The van der Waals surface area contributed by atoms with E-state index in [-0.39, 0.29) is 5.75 Å². The average Bonchev–Trinajstić information content (AvgIpc) is 2.15. The molecular weight excluding hydrogens is 218 g/mol. The van der Waals surface area contributed by atoms with E-state index in [4.69, 9.17) is 4.55 Å². The molecular formula is C9H7NO4S. The first-order chi connectivity index (χ1) is 7.04. The fourth-order valence-electron chi connectivity index (χ4n) is 1.22. The van der Waals surface area contributed by atoms with Gasteiger partial charge in [0.2, 0.25) is 0 Å². The summed E-state index contributed by atoms with van der Waals surface area (Å²) in [5, 5.41) is 0.861. The van der Waals surface area contributed by atoms with Gasteiger partial charge in [-0.1, -0.05) is 6.07 Å². The van der Waals surface area contributed by atoms with Gasteiger partial charge in [-0.05, 0) is 18.2 Å². The van der Waals surface area contributed by atoms with Gasteiger partial charge in [0.25, 0.3) is 0 Å². The molecule has 2 rings (SSSR count). The zero-order chi connectivity index (χ0) is 10.9. The van der Waals surface area contributed by atoms with Crippen molar-refractivity contribution in [2.45, 2.75) is 0 Å². The van der Waals surface area contributed by atoms with E-state index in [0.29, 0.717) is 5.52 Å². The minimum Gasteiger partial charge on any atom is -0.362 e. The molecule has 0 amide bonds. The van der Waals surface area contributed by atoms with E-state index >= 15 is 0 Å².